The van der Waals surface area contributed by atoms with Gasteiger partial charge in [0.15, 0.2) is 5.58 Å². The van der Waals surface area contributed by atoms with E-state index in [1.54, 1.807) is 0 Å². The Balaban J connectivity index is 1.37. The van der Waals surface area contributed by atoms with E-state index in [1.165, 1.54) is 79.7 Å². The predicted octanol–water partition coefficient (Wildman–Crippen LogP) is 12.2. The van der Waals surface area contributed by atoms with Gasteiger partial charge in [0.25, 0.3) is 0 Å². The molecular formula is C46H44N4O. The fourth-order valence-electron chi connectivity index (χ4n) is 11.5. The molecule has 0 amide bonds. The van der Waals surface area contributed by atoms with E-state index in [4.69, 9.17) is 19.4 Å². The Labute approximate surface area is 298 Å². The van der Waals surface area contributed by atoms with Crippen LogP contribution >= 0.6 is 0 Å². The van der Waals surface area contributed by atoms with Gasteiger partial charge in [0.1, 0.15) is 5.52 Å². The molecule has 5 aromatic heterocycles. The van der Waals surface area contributed by atoms with E-state index in [1.807, 2.05) is 0 Å². The van der Waals surface area contributed by atoms with Crippen LogP contribution in [0.2, 0.25) is 0 Å². The third-order valence-corrected chi connectivity index (χ3v) is 14.2. The fourth-order valence-corrected chi connectivity index (χ4v) is 11.5. The van der Waals surface area contributed by atoms with E-state index in [0.29, 0.717) is 0 Å². The fraction of sp³-hybridized carbons (Fsp3) is 0.370. The summed E-state index contributed by atoms with van der Waals surface area (Å²) in [5.41, 5.74) is 15.5. The van der Waals surface area contributed by atoms with Gasteiger partial charge >= 0.3 is 0 Å². The average molecular weight is 669 g/mol. The Hall–Kier alpha value is -4.77. The van der Waals surface area contributed by atoms with Crippen molar-refractivity contribution in [2.24, 2.45) is 0 Å². The van der Waals surface area contributed by atoms with Gasteiger partial charge in [-0.15, -0.1) is 0 Å². The third kappa shape index (κ3) is 3.33. The summed E-state index contributed by atoms with van der Waals surface area (Å²) in [4.78, 5) is 16.3. The molecule has 11 rings (SSSR count). The van der Waals surface area contributed by atoms with Gasteiger partial charge in [-0.25, -0.2) is 4.98 Å². The summed E-state index contributed by atoms with van der Waals surface area (Å²) in [6, 6.07) is 20.3. The Morgan fingerprint density at radius 3 is 1.82 bits per heavy atom. The van der Waals surface area contributed by atoms with Crippen molar-refractivity contribution in [1.29, 1.82) is 0 Å². The smallest absolute Gasteiger partial charge is 0.201 e. The minimum absolute atomic E-state index is 0.0487. The highest BCUT2D eigenvalue weighted by Gasteiger charge is 2.46. The molecular weight excluding hydrogens is 625 g/mol. The summed E-state index contributed by atoms with van der Waals surface area (Å²) >= 11 is 0. The second-order valence-corrected chi connectivity index (χ2v) is 16.1. The maximum Gasteiger partial charge on any atom is 0.201 e. The summed E-state index contributed by atoms with van der Waals surface area (Å²) in [5.74, 6) is 0.910. The lowest BCUT2D eigenvalue weighted by Crippen LogP contribution is -2.25. The number of fused-ring (bicyclic) bond motifs is 16. The number of aromatic nitrogens is 4. The predicted molar refractivity (Wildman–Crippen MR) is 208 cm³/mol. The lowest BCUT2D eigenvalue weighted by atomic mass is 9.72. The van der Waals surface area contributed by atoms with E-state index < -0.39 is 0 Å². The van der Waals surface area contributed by atoms with Crippen LogP contribution in [0.25, 0.3) is 71.7 Å². The van der Waals surface area contributed by atoms with Gasteiger partial charge in [-0.05, 0) is 66.8 Å². The van der Waals surface area contributed by atoms with Crippen molar-refractivity contribution in [2.75, 3.05) is 0 Å². The minimum atomic E-state index is -0.138. The Bertz CT molecular complexity index is 2750. The number of hydrogen-bond donors (Lipinski definition) is 0. The molecule has 3 aromatic carbocycles. The molecule has 0 spiro atoms. The van der Waals surface area contributed by atoms with Crippen LogP contribution in [0.1, 0.15) is 121 Å². The van der Waals surface area contributed by atoms with E-state index in [-0.39, 0.29) is 16.2 Å². The summed E-state index contributed by atoms with van der Waals surface area (Å²) in [7, 11) is 0. The van der Waals surface area contributed by atoms with Crippen molar-refractivity contribution in [2.45, 2.75) is 109 Å². The molecule has 254 valence electrons. The summed E-state index contributed by atoms with van der Waals surface area (Å²) in [5, 5.41) is 5.08. The molecule has 0 saturated heterocycles. The number of pyridine rings is 2. The zero-order valence-electron chi connectivity index (χ0n) is 30.4. The van der Waals surface area contributed by atoms with Gasteiger partial charge in [0.2, 0.25) is 5.89 Å². The molecule has 0 N–H and O–H groups in total. The van der Waals surface area contributed by atoms with Crippen molar-refractivity contribution in [3.05, 3.63) is 95.1 Å². The van der Waals surface area contributed by atoms with Crippen molar-refractivity contribution in [3.8, 4) is 22.5 Å². The lowest BCUT2D eigenvalue weighted by molar-refractivity contribution is 0.263. The molecule has 3 aliphatic rings. The zero-order chi connectivity index (χ0) is 34.4. The Kier molecular flexibility index (Phi) is 5.84. The largest absolute Gasteiger partial charge is 0.440 e. The van der Waals surface area contributed by atoms with E-state index in [0.717, 1.165) is 77.9 Å². The summed E-state index contributed by atoms with van der Waals surface area (Å²) in [6.45, 7) is 11.8. The molecule has 0 radical (unpaired) electrons. The van der Waals surface area contributed by atoms with Crippen LogP contribution in [-0.2, 0) is 16.2 Å². The van der Waals surface area contributed by atoms with Crippen molar-refractivity contribution >= 4 is 49.2 Å². The molecule has 51 heavy (non-hydrogen) atoms. The molecule has 0 unspecified atom stereocenters. The Morgan fingerprint density at radius 2 is 1.24 bits per heavy atom. The highest BCUT2D eigenvalue weighted by Crippen LogP contribution is 2.59. The maximum atomic E-state index is 7.04. The number of oxazole rings is 1. The lowest BCUT2D eigenvalue weighted by Gasteiger charge is -2.30. The summed E-state index contributed by atoms with van der Waals surface area (Å²) in [6.07, 6.45) is 14.3. The standard InChI is InChI=1S/C46H44N4O/c1-6-45(7-2)29-19-13-11-17-26(29)39-37(45)34-28-23-33-41(49-43(51-33)44(5)21-15-10-16-22-44)36-35-32(50(42(28)36)31(34)24-47-39)25-48-40-27-18-12-14-20-30(27)46(8-3,9-4)38(35)40/h11-14,17-20,23-25H,6-10,15-16,21-22H2,1-5H3. The van der Waals surface area contributed by atoms with Crippen LogP contribution in [0.15, 0.2) is 71.4 Å². The number of nitrogens with zero attached hydrogens (tertiary/aromatic N) is 4. The molecule has 1 saturated carbocycles. The highest BCUT2D eigenvalue weighted by molar-refractivity contribution is 6.32. The molecule has 0 atom stereocenters. The van der Waals surface area contributed by atoms with Crippen LogP contribution in [0.4, 0.5) is 0 Å². The van der Waals surface area contributed by atoms with Gasteiger partial charge in [-0.1, -0.05) is 102 Å². The van der Waals surface area contributed by atoms with Crippen molar-refractivity contribution in [3.63, 3.8) is 0 Å². The van der Waals surface area contributed by atoms with Gasteiger partial charge in [-0.3, -0.25) is 9.97 Å². The van der Waals surface area contributed by atoms with E-state index in [9.17, 15) is 0 Å². The molecule has 5 heteroatoms. The van der Waals surface area contributed by atoms with Crippen LogP contribution in [-0.4, -0.2) is 19.4 Å². The van der Waals surface area contributed by atoms with E-state index >= 15 is 0 Å². The Morgan fingerprint density at radius 1 is 0.686 bits per heavy atom. The number of benzene rings is 3. The van der Waals surface area contributed by atoms with Gasteiger partial charge in [0.05, 0.1) is 40.3 Å². The SMILES string of the molecule is CCC1(CC)c2ccccc2-c2ncc3c(c21)c1cc2oc(C4(C)CCCCC4)nc2c2c4c5c(ncc4n3c12)-c1ccccc1C5(CC)CC. The first-order chi connectivity index (χ1) is 24.9. The molecule has 5 nitrogen and oxygen atoms in total. The first kappa shape index (κ1) is 29.9. The average Bonchev–Trinajstić information content (AvgIpc) is 3.96. The first-order valence-corrected chi connectivity index (χ1v) is 19.5. The van der Waals surface area contributed by atoms with Crippen molar-refractivity contribution in [1.82, 2.24) is 19.4 Å². The number of rotatable bonds is 5. The van der Waals surface area contributed by atoms with Crippen LogP contribution in [0.3, 0.4) is 0 Å². The molecule has 3 aliphatic carbocycles. The van der Waals surface area contributed by atoms with Gasteiger partial charge in [-0.2, -0.15) is 0 Å². The van der Waals surface area contributed by atoms with Crippen LogP contribution < -0.4 is 0 Å². The maximum absolute atomic E-state index is 7.04. The minimum Gasteiger partial charge on any atom is -0.440 e. The molecule has 1 fully saturated rings. The molecule has 5 heterocycles. The van der Waals surface area contributed by atoms with Gasteiger partial charge < -0.3 is 8.82 Å². The monoisotopic (exact) mass is 668 g/mol. The second-order valence-electron chi connectivity index (χ2n) is 16.1. The third-order valence-electron chi connectivity index (χ3n) is 14.2. The zero-order valence-corrected chi connectivity index (χ0v) is 30.4. The summed E-state index contributed by atoms with van der Waals surface area (Å²) < 4.78 is 9.54. The highest BCUT2D eigenvalue weighted by atomic mass is 16.3. The second kappa shape index (κ2) is 9.97. The molecule has 0 aliphatic heterocycles. The number of hydrogen-bond acceptors (Lipinski definition) is 4. The molecule has 8 aromatic rings. The first-order valence-electron chi connectivity index (χ1n) is 19.5. The van der Waals surface area contributed by atoms with E-state index in [2.05, 4.69) is 106 Å². The van der Waals surface area contributed by atoms with Crippen LogP contribution in [0, 0.1) is 0 Å². The quantitative estimate of drug-likeness (QED) is 0.183. The van der Waals surface area contributed by atoms with Gasteiger partial charge in [0, 0.05) is 48.9 Å². The topological polar surface area (TPSA) is 56.2 Å². The normalized spacial score (nSPS) is 18.3. The van der Waals surface area contributed by atoms with Crippen molar-refractivity contribution < 1.29 is 4.42 Å². The van der Waals surface area contributed by atoms with Crippen LogP contribution in [0.5, 0.6) is 0 Å². The molecule has 0 bridgehead atoms.